The lowest BCUT2D eigenvalue weighted by Gasteiger charge is -2.15. The van der Waals surface area contributed by atoms with Crippen LogP contribution in [-0.4, -0.2) is 11.8 Å². The summed E-state index contributed by atoms with van der Waals surface area (Å²) in [6.45, 7) is 1.99. The van der Waals surface area contributed by atoms with Gasteiger partial charge in [-0.05, 0) is 55.5 Å². The third-order valence-corrected chi connectivity index (χ3v) is 5.75. The van der Waals surface area contributed by atoms with E-state index in [1.54, 1.807) is 36.4 Å². The van der Waals surface area contributed by atoms with Crippen LogP contribution in [0.1, 0.15) is 5.56 Å². The van der Waals surface area contributed by atoms with Gasteiger partial charge in [0.1, 0.15) is 10.6 Å². The average Bonchev–Trinajstić information content (AvgIpc) is 2.96. The molecule has 0 bridgehead atoms. The van der Waals surface area contributed by atoms with Gasteiger partial charge >= 0.3 is 0 Å². The molecule has 1 N–H and O–H groups in total. The van der Waals surface area contributed by atoms with E-state index in [4.69, 9.17) is 11.6 Å². The Labute approximate surface area is 178 Å². The molecule has 4 nitrogen and oxygen atoms in total. The fraction of sp³-hybridized carbons (Fsp3) is 0.0435. The highest BCUT2D eigenvalue weighted by atomic mass is 35.5. The number of amides is 2. The molecular weight excluding hydrogens is 404 g/mol. The zero-order valence-electron chi connectivity index (χ0n) is 15.6. The van der Waals surface area contributed by atoms with E-state index in [0.717, 1.165) is 16.1 Å². The number of carbonyl (C=O) groups excluding carboxylic acids is 2. The molecule has 2 amide bonds. The number of carbonyl (C=O) groups is 2. The second-order valence-corrected chi connectivity index (χ2v) is 8.05. The van der Waals surface area contributed by atoms with Crippen LogP contribution in [0.3, 0.4) is 0 Å². The van der Waals surface area contributed by atoms with E-state index in [9.17, 15) is 9.59 Å². The van der Waals surface area contributed by atoms with Crippen molar-refractivity contribution in [2.45, 2.75) is 11.8 Å². The number of aryl methyl sites for hydroxylation is 1. The molecule has 0 fully saturated rings. The molecular formula is C23H17ClN2O2S. The number of rotatable bonds is 5. The highest BCUT2D eigenvalue weighted by Gasteiger charge is 2.40. The van der Waals surface area contributed by atoms with Crippen LogP contribution in [-0.2, 0) is 9.59 Å². The van der Waals surface area contributed by atoms with Gasteiger partial charge in [-0.1, -0.05) is 59.3 Å². The second-order valence-electron chi connectivity index (χ2n) is 6.53. The van der Waals surface area contributed by atoms with Crippen LogP contribution >= 0.6 is 23.4 Å². The first kappa shape index (κ1) is 19.3. The summed E-state index contributed by atoms with van der Waals surface area (Å²) in [7, 11) is 0. The lowest BCUT2D eigenvalue weighted by Crippen LogP contribution is -2.32. The van der Waals surface area contributed by atoms with Gasteiger partial charge in [0.05, 0.1) is 5.69 Å². The average molecular weight is 421 g/mol. The summed E-state index contributed by atoms with van der Waals surface area (Å²) in [4.78, 5) is 28.8. The van der Waals surface area contributed by atoms with Gasteiger partial charge in [-0.2, -0.15) is 0 Å². The van der Waals surface area contributed by atoms with E-state index in [-0.39, 0.29) is 17.5 Å². The van der Waals surface area contributed by atoms with Crippen molar-refractivity contribution in [2.75, 3.05) is 10.2 Å². The lowest BCUT2D eigenvalue weighted by atomic mass is 10.2. The standard InChI is InChI=1S/C23H17ClN2O2S/c1-15-7-11-17(12-8-15)25-20-21(29-19-13-9-16(24)10-14-19)23(28)26(22(20)27)18-5-3-2-4-6-18/h2-14,25H,1H3. The molecule has 144 valence electrons. The van der Waals surface area contributed by atoms with Gasteiger partial charge in [-0.3, -0.25) is 9.59 Å². The summed E-state index contributed by atoms with van der Waals surface area (Å²) in [5.74, 6) is -0.728. The molecule has 0 unspecified atom stereocenters. The second kappa shape index (κ2) is 8.15. The summed E-state index contributed by atoms with van der Waals surface area (Å²) < 4.78 is 0. The summed E-state index contributed by atoms with van der Waals surface area (Å²) in [5.41, 5.74) is 2.66. The fourth-order valence-corrected chi connectivity index (χ4v) is 3.98. The normalized spacial score (nSPS) is 13.9. The molecule has 0 radical (unpaired) electrons. The Morgan fingerprint density at radius 2 is 1.48 bits per heavy atom. The minimum atomic E-state index is -0.377. The van der Waals surface area contributed by atoms with E-state index in [0.29, 0.717) is 15.6 Å². The first-order chi connectivity index (χ1) is 14.0. The summed E-state index contributed by atoms with van der Waals surface area (Å²) >= 11 is 7.22. The molecule has 1 aliphatic heterocycles. The smallest absolute Gasteiger partial charge is 0.283 e. The number of para-hydroxylation sites is 1. The Kier molecular flexibility index (Phi) is 5.43. The van der Waals surface area contributed by atoms with Crippen LogP contribution in [0.2, 0.25) is 5.02 Å². The SMILES string of the molecule is Cc1ccc(NC2=C(Sc3ccc(Cl)cc3)C(=O)N(c3ccccc3)C2=O)cc1. The lowest BCUT2D eigenvalue weighted by molar-refractivity contribution is -0.120. The van der Waals surface area contributed by atoms with Gasteiger partial charge in [0.2, 0.25) is 0 Å². The predicted octanol–water partition coefficient (Wildman–Crippen LogP) is 5.64. The van der Waals surface area contributed by atoms with E-state index in [1.807, 2.05) is 49.4 Å². The van der Waals surface area contributed by atoms with Crippen molar-refractivity contribution in [3.63, 3.8) is 0 Å². The summed E-state index contributed by atoms with van der Waals surface area (Å²) in [5, 5.41) is 3.76. The minimum Gasteiger partial charge on any atom is -0.350 e. The topological polar surface area (TPSA) is 49.4 Å². The number of hydrogen-bond donors (Lipinski definition) is 1. The zero-order valence-corrected chi connectivity index (χ0v) is 17.1. The largest absolute Gasteiger partial charge is 0.350 e. The maximum Gasteiger partial charge on any atom is 0.283 e. The predicted molar refractivity (Wildman–Crippen MR) is 118 cm³/mol. The van der Waals surface area contributed by atoms with Crippen LogP contribution in [0.15, 0.2) is 94.4 Å². The first-order valence-electron chi connectivity index (χ1n) is 8.98. The molecule has 0 saturated carbocycles. The minimum absolute atomic E-state index is 0.266. The number of anilines is 2. The molecule has 0 saturated heterocycles. The maximum absolute atomic E-state index is 13.2. The molecule has 3 aromatic carbocycles. The van der Waals surface area contributed by atoms with Crippen molar-refractivity contribution < 1.29 is 9.59 Å². The number of thioether (sulfide) groups is 1. The molecule has 1 heterocycles. The zero-order chi connectivity index (χ0) is 20.4. The summed E-state index contributed by atoms with van der Waals surface area (Å²) in [6.07, 6.45) is 0. The van der Waals surface area contributed by atoms with Crippen LogP contribution in [0.25, 0.3) is 0 Å². The Morgan fingerprint density at radius 1 is 0.828 bits per heavy atom. The fourth-order valence-electron chi connectivity index (χ4n) is 2.93. The summed E-state index contributed by atoms with van der Waals surface area (Å²) in [6, 6.07) is 23.8. The number of hydrogen-bond acceptors (Lipinski definition) is 4. The van der Waals surface area contributed by atoms with Crippen molar-refractivity contribution >= 4 is 46.6 Å². The van der Waals surface area contributed by atoms with Gasteiger partial charge in [-0.15, -0.1) is 0 Å². The van der Waals surface area contributed by atoms with Crippen molar-refractivity contribution in [1.29, 1.82) is 0 Å². The molecule has 0 atom stereocenters. The van der Waals surface area contributed by atoms with Crippen LogP contribution < -0.4 is 10.2 Å². The Hall–Kier alpha value is -3.02. The molecule has 6 heteroatoms. The van der Waals surface area contributed by atoms with E-state index >= 15 is 0 Å². The molecule has 0 aliphatic carbocycles. The van der Waals surface area contributed by atoms with Gasteiger partial charge in [0.15, 0.2) is 0 Å². The van der Waals surface area contributed by atoms with Gasteiger partial charge in [-0.25, -0.2) is 4.90 Å². The van der Waals surface area contributed by atoms with Crippen LogP contribution in [0.5, 0.6) is 0 Å². The number of halogens is 1. The molecule has 0 spiro atoms. The Balaban J connectivity index is 1.73. The van der Waals surface area contributed by atoms with Crippen LogP contribution in [0, 0.1) is 6.92 Å². The number of benzene rings is 3. The first-order valence-corrected chi connectivity index (χ1v) is 10.2. The molecule has 4 rings (SSSR count). The van der Waals surface area contributed by atoms with Crippen molar-refractivity contribution in [2.24, 2.45) is 0 Å². The molecule has 3 aromatic rings. The van der Waals surface area contributed by atoms with Gasteiger partial charge < -0.3 is 5.32 Å². The van der Waals surface area contributed by atoms with E-state index < -0.39 is 0 Å². The molecule has 0 aromatic heterocycles. The maximum atomic E-state index is 13.2. The molecule has 29 heavy (non-hydrogen) atoms. The number of nitrogens with one attached hydrogen (secondary N) is 1. The van der Waals surface area contributed by atoms with Gasteiger partial charge in [0, 0.05) is 15.6 Å². The third-order valence-electron chi connectivity index (χ3n) is 4.41. The Bertz CT molecular complexity index is 1020. The van der Waals surface area contributed by atoms with E-state index in [2.05, 4.69) is 5.32 Å². The van der Waals surface area contributed by atoms with Crippen molar-refractivity contribution in [1.82, 2.24) is 0 Å². The van der Waals surface area contributed by atoms with Gasteiger partial charge in [0.25, 0.3) is 11.8 Å². The highest BCUT2D eigenvalue weighted by Crippen LogP contribution is 2.38. The third kappa shape index (κ3) is 4.06. The molecule has 1 aliphatic rings. The quantitative estimate of drug-likeness (QED) is 0.543. The van der Waals surface area contributed by atoms with Crippen molar-refractivity contribution in [3.8, 4) is 0 Å². The highest BCUT2D eigenvalue weighted by molar-refractivity contribution is 8.04. The van der Waals surface area contributed by atoms with Crippen molar-refractivity contribution in [3.05, 3.63) is 100 Å². The number of imide groups is 1. The number of nitrogens with zero attached hydrogens (tertiary/aromatic N) is 1. The van der Waals surface area contributed by atoms with Crippen LogP contribution in [0.4, 0.5) is 11.4 Å². The monoisotopic (exact) mass is 420 g/mol. The Morgan fingerprint density at radius 3 is 2.14 bits per heavy atom. The van der Waals surface area contributed by atoms with E-state index in [1.165, 1.54) is 16.7 Å².